The number of nitriles is 1. The molecule has 4 heteroatoms. The minimum absolute atomic E-state index is 0.340. The number of nitrogens with zero attached hydrogens (tertiary/aromatic N) is 1. The Bertz CT molecular complexity index is 422. The maximum atomic E-state index is 13.2. The Morgan fingerprint density at radius 1 is 1.47 bits per heavy atom. The van der Waals surface area contributed by atoms with Gasteiger partial charge in [-0.15, -0.1) is 0 Å². The van der Waals surface area contributed by atoms with Crippen LogP contribution >= 0.6 is 0 Å². The third kappa shape index (κ3) is 3.43. The van der Waals surface area contributed by atoms with Crippen molar-refractivity contribution >= 4 is 5.69 Å². The van der Waals surface area contributed by atoms with Crippen molar-refractivity contribution in [1.29, 1.82) is 5.26 Å². The Kier molecular flexibility index (Phi) is 3.94. The summed E-state index contributed by atoms with van der Waals surface area (Å²) in [5.41, 5.74) is 1.000. The SMILES string of the molecule is N#Cc1cc(F)cc(NCC2CCCOC2)c1. The molecule has 0 radical (unpaired) electrons. The van der Waals surface area contributed by atoms with Crippen LogP contribution in [0.1, 0.15) is 18.4 Å². The van der Waals surface area contributed by atoms with E-state index >= 15 is 0 Å². The Balaban J connectivity index is 1.94. The standard InChI is InChI=1S/C13H15FN2O/c14-12-4-11(7-15)5-13(6-12)16-8-10-2-1-3-17-9-10/h4-6,10,16H,1-3,8-9H2. The number of hydrogen-bond donors (Lipinski definition) is 1. The van der Waals surface area contributed by atoms with Gasteiger partial charge in [0.25, 0.3) is 0 Å². The van der Waals surface area contributed by atoms with Crippen molar-refractivity contribution in [2.24, 2.45) is 5.92 Å². The normalized spacial score (nSPS) is 19.6. The summed E-state index contributed by atoms with van der Waals surface area (Å²) in [6.07, 6.45) is 2.21. The van der Waals surface area contributed by atoms with Crippen molar-refractivity contribution in [3.8, 4) is 6.07 Å². The van der Waals surface area contributed by atoms with Gasteiger partial charge in [0.05, 0.1) is 18.2 Å². The molecule has 1 saturated heterocycles. The van der Waals surface area contributed by atoms with Gasteiger partial charge < -0.3 is 10.1 Å². The molecular formula is C13H15FN2O. The van der Waals surface area contributed by atoms with Crippen LogP contribution in [0.25, 0.3) is 0 Å². The molecule has 17 heavy (non-hydrogen) atoms. The van der Waals surface area contributed by atoms with Crippen LogP contribution in [0, 0.1) is 23.1 Å². The van der Waals surface area contributed by atoms with E-state index in [0.29, 0.717) is 17.2 Å². The van der Waals surface area contributed by atoms with Crippen molar-refractivity contribution in [3.63, 3.8) is 0 Å². The van der Waals surface area contributed by atoms with Gasteiger partial charge in [0, 0.05) is 18.8 Å². The molecule has 1 aliphatic heterocycles. The molecule has 2 rings (SSSR count). The van der Waals surface area contributed by atoms with Crippen LogP contribution in [0.5, 0.6) is 0 Å². The molecule has 1 heterocycles. The second-order valence-corrected chi connectivity index (χ2v) is 4.30. The monoisotopic (exact) mass is 234 g/mol. The van der Waals surface area contributed by atoms with Crippen LogP contribution in [-0.2, 0) is 4.74 Å². The molecule has 0 bridgehead atoms. The van der Waals surface area contributed by atoms with Crippen molar-refractivity contribution in [2.45, 2.75) is 12.8 Å². The van der Waals surface area contributed by atoms with E-state index in [1.54, 1.807) is 6.07 Å². The lowest BCUT2D eigenvalue weighted by Crippen LogP contribution is -2.24. The minimum atomic E-state index is -0.383. The molecule has 0 amide bonds. The molecule has 0 aromatic heterocycles. The summed E-state index contributed by atoms with van der Waals surface area (Å²) in [7, 11) is 0. The largest absolute Gasteiger partial charge is 0.385 e. The fourth-order valence-electron chi connectivity index (χ4n) is 1.99. The predicted molar refractivity (Wildman–Crippen MR) is 63.1 cm³/mol. The zero-order chi connectivity index (χ0) is 12.1. The molecule has 1 N–H and O–H groups in total. The molecule has 1 aliphatic rings. The van der Waals surface area contributed by atoms with Crippen LogP contribution < -0.4 is 5.32 Å². The van der Waals surface area contributed by atoms with Crippen molar-refractivity contribution in [1.82, 2.24) is 0 Å². The molecule has 0 aliphatic carbocycles. The van der Waals surface area contributed by atoms with Crippen LogP contribution in [0.2, 0.25) is 0 Å². The van der Waals surface area contributed by atoms with Gasteiger partial charge >= 0.3 is 0 Å². The zero-order valence-corrected chi connectivity index (χ0v) is 9.58. The fourth-order valence-corrected chi connectivity index (χ4v) is 1.99. The number of benzene rings is 1. The van der Waals surface area contributed by atoms with Gasteiger partial charge in [0.2, 0.25) is 0 Å². The van der Waals surface area contributed by atoms with E-state index in [9.17, 15) is 4.39 Å². The molecule has 3 nitrogen and oxygen atoms in total. The van der Waals surface area contributed by atoms with Gasteiger partial charge in [-0.2, -0.15) is 5.26 Å². The molecule has 1 aromatic carbocycles. The summed E-state index contributed by atoms with van der Waals surface area (Å²) in [6, 6.07) is 6.24. The third-order valence-corrected chi connectivity index (χ3v) is 2.88. The minimum Gasteiger partial charge on any atom is -0.385 e. The zero-order valence-electron chi connectivity index (χ0n) is 9.58. The fraction of sp³-hybridized carbons (Fsp3) is 0.462. The first kappa shape index (κ1) is 11.9. The van der Waals surface area contributed by atoms with Gasteiger partial charge in [-0.05, 0) is 37.0 Å². The summed E-state index contributed by atoms with van der Waals surface area (Å²) in [5.74, 6) is 0.0870. The smallest absolute Gasteiger partial charge is 0.126 e. The lowest BCUT2D eigenvalue weighted by molar-refractivity contribution is 0.0595. The summed E-state index contributed by atoms with van der Waals surface area (Å²) in [4.78, 5) is 0. The van der Waals surface area contributed by atoms with Crippen LogP contribution in [0.3, 0.4) is 0 Å². The van der Waals surface area contributed by atoms with Gasteiger partial charge in [-0.1, -0.05) is 0 Å². The molecular weight excluding hydrogens is 219 g/mol. The van der Waals surface area contributed by atoms with E-state index in [2.05, 4.69) is 5.32 Å². The molecule has 0 spiro atoms. The molecule has 90 valence electrons. The van der Waals surface area contributed by atoms with Crippen molar-refractivity contribution < 1.29 is 9.13 Å². The van der Waals surface area contributed by atoms with E-state index in [1.807, 2.05) is 6.07 Å². The van der Waals surface area contributed by atoms with Gasteiger partial charge in [-0.3, -0.25) is 0 Å². The van der Waals surface area contributed by atoms with Crippen molar-refractivity contribution in [3.05, 3.63) is 29.6 Å². The number of anilines is 1. The summed E-state index contributed by atoms with van der Waals surface area (Å²) in [5, 5.41) is 11.9. The molecule has 0 saturated carbocycles. The molecule has 1 aromatic rings. The number of nitrogens with one attached hydrogen (secondary N) is 1. The first-order valence-corrected chi connectivity index (χ1v) is 5.80. The maximum absolute atomic E-state index is 13.2. The lowest BCUT2D eigenvalue weighted by atomic mass is 10.0. The van der Waals surface area contributed by atoms with Crippen LogP contribution in [-0.4, -0.2) is 19.8 Å². The van der Waals surface area contributed by atoms with E-state index in [1.165, 1.54) is 12.1 Å². The van der Waals surface area contributed by atoms with E-state index < -0.39 is 0 Å². The summed E-state index contributed by atoms with van der Waals surface area (Å²) in [6.45, 7) is 2.36. The van der Waals surface area contributed by atoms with Crippen LogP contribution in [0.4, 0.5) is 10.1 Å². The Hall–Kier alpha value is -1.60. The first-order valence-electron chi connectivity index (χ1n) is 5.80. The number of ether oxygens (including phenoxy) is 1. The van der Waals surface area contributed by atoms with E-state index in [4.69, 9.17) is 10.00 Å². The van der Waals surface area contributed by atoms with E-state index in [0.717, 1.165) is 32.6 Å². The number of hydrogen-bond acceptors (Lipinski definition) is 3. The maximum Gasteiger partial charge on any atom is 0.126 e. The Morgan fingerprint density at radius 3 is 3.06 bits per heavy atom. The average molecular weight is 234 g/mol. The summed E-state index contributed by atoms with van der Waals surface area (Å²) < 4.78 is 18.5. The van der Waals surface area contributed by atoms with Gasteiger partial charge in [0.15, 0.2) is 0 Å². The highest BCUT2D eigenvalue weighted by Crippen LogP contribution is 2.17. The third-order valence-electron chi connectivity index (χ3n) is 2.88. The predicted octanol–water partition coefficient (Wildman–Crippen LogP) is 2.54. The topological polar surface area (TPSA) is 45.0 Å². The highest BCUT2D eigenvalue weighted by Gasteiger charge is 2.13. The van der Waals surface area contributed by atoms with Crippen LogP contribution in [0.15, 0.2) is 18.2 Å². The van der Waals surface area contributed by atoms with Gasteiger partial charge in [-0.25, -0.2) is 4.39 Å². The Morgan fingerprint density at radius 2 is 2.35 bits per heavy atom. The molecule has 1 unspecified atom stereocenters. The van der Waals surface area contributed by atoms with Crippen molar-refractivity contribution in [2.75, 3.05) is 25.1 Å². The quantitative estimate of drug-likeness (QED) is 0.874. The van der Waals surface area contributed by atoms with E-state index in [-0.39, 0.29) is 5.82 Å². The second kappa shape index (κ2) is 5.65. The molecule has 1 fully saturated rings. The highest BCUT2D eigenvalue weighted by atomic mass is 19.1. The molecule has 1 atom stereocenters. The second-order valence-electron chi connectivity index (χ2n) is 4.30. The number of halogens is 1. The Labute approximate surface area is 100 Å². The summed E-state index contributed by atoms with van der Waals surface area (Å²) >= 11 is 0. The van der Waals surface area contributed by atoms with Gasteiger partial charge in [0.1, 0.15) is 5.82 Å². The highest BCUT2D eigenvalue weighted by molar-refractivity contribution is 5.49. The first-order chi connectivity index (χ1) is 8.28. The lowest BCUT2D eigenvalue weighted by Gasteiger charge is -2.22. The number of rotatable bonds is 3. The average Bonchev–Trinajstić information content (AvgIpc) is 2.37.